The normalized spacial score (nSPS) is 10.4. The lowest BCUT2D eigenvalue weighted by molar-refractivity contribution is 0.630. The second kappa shape index (κ2) is 3.93. The van der Waals surface area contributed by atoms with Crippen LogP contribution in [0, 0.1) is 19.7 Å². The van der Waals surface area contributed by atoms with Gasteiger partial charge in [-0.1, -0.05) is 12.1 Å². The van der Waals surface area contributed by atoms with Crippen LogP contribution in [0.25, 0.3) is 11.1 Å². The van der Waals surface area contributed by atoms with Crippen molar-refractivity contribution < 1.29 is 4.39 Å². The number of hydrogen-bond donors (Lipinski definition) is 1. The molecular weight excluding hydrogens is 205 g/mol. The van der Waals surface area contributed by atoms with Gasteiger partial charge in [-0.2, -0.15) is 0 Å². The number of nitrogens with one attached hydrogen (secondary N) is 1. The van der Waals surface area contributed by atoms with Crippen molar-refractivity contribution in [2.45, 2.75) is 13.8 Å². The first kappa shape index (κ1) is 10.6. The van der Waals surface area contributed by atoms with Gasteiger partial charge in [-0.05, 0) is 25.5 Å². The molecule has 0 bridgehead atoms. The van der Waals surface area contributed by atoms with Gasteiger partial charge in [-0.3, -0.25) is 4.79 Å². The Morgan fingerprint density at radius 3 is 2.56 bits per heavy atom. The minimum atomic E-state index is -0.365. The predicted octanol–water partition coefficient (Wildman–Crippen LogP) is 2.80. The van der Waals surface area contributed by atoms with Crippen molar-refractivity contribution in [3.05, 3.63) is 57.8 Å². The average Bonchev–Trinajstić information content (AvgIpc) is 2.23. The fourth-order valence-corrected chi connectivity index (χ4v) is 1.63. The molecule has 0 saturated heterocycles. The van der Waals surface area contributed by atoms with Gasteiger partial charge in [0.1, 0.15) is 5.82 Å². The molecule has 16 heavy (non-hydrogen) atoms. The average molecular weight is 217 g/mol. The second-order valence-corrected chi connectivity index (χ2v) is 3.86. The molecule has 3 heteroatoms. The number of aryl methyl sites for hydroxylation is 2. The molecular formula is C13H12FNO. The molecule has 0 aliphatic heterocycles. The van der Waals surface area contributed by atoms with E-state index in [0.29, 0.717) is 16.7 Å². The molecule has 0 atom stereocenters. The zero-order valence-electron chi connectivity index (χ0n) is 9.17. The molecule has 0 aliphatic rings. The Balaban J connectivity index is 2.68. The number of aromatic amines is 1. The molecule has 0 spiro atoms. The lowest BCUT2D eigenvalue weighted by atomic mass is 10.0. The van der Waals surface area contributed by atoms with Gasteiger partial charge in [0.25, 0.3) is 0 Å². The summed E-state index contributed by atoms with van der Waals surface area (Å²) in [5.74, 6) is -0.365. The van der Waals surface area contributed by atoms with Crippen LogP contribution in [0.3, 0.4) is 0 Å². The summed E-state index contributed by atoms with van der Waals surface area (Å²) in [6, 6.07) is 4.85. The van der Waals surface area contributed by atoms with Crippen LogP contribution in [0.15, 0.2) is 35.4 Å². The number of H-pyrrole nitrogens is 1. The van der Waals surface area contributed by atoms with E-state index in [9.17, 15) is 9.18 Å². The van der Waals surface area contributed by atoms with E-state index >= 15 is 0 Å². The van der Waals surface area contributed by atoms with Crippen molar-refractivity contribution in [2.24, 2.45) is 0 Å². The van der Waals surface area contributed by atoms with Crippen LogP contribution in [-0.4, -0.2) is 4.98 Å². The van der Waals surface area contributed by atoms with Gasteiger partial charge in [0, 0.05) is 29.1 Å². The molecule has 0 fully saturated rings. The van der Waals surface area contributed by atoms with Crippen molar-refractivity contribution in [1.29, 1.82) is 0 Å². The first-order chi connectivity index (χ1) is 7.59. The van der Waals surface area contributed by atoms with Gasteiger partial charge in [0.15, 0.2) is 5.43 Å². The van der Waals surface area contributed by atoms with Gasteiger partial charge >= 0.3 is 0 Å². The molecule has 1 heterocycles. The Morgan fingerprint density at radius 1 is 1.12 bits per heavy atom. The predicted molar refractivity (Wildman–Crippen MR) is 61.9 cm³/mol. The number of hydrogen-bond acceptors (Lipinski definition) is 1. The van der Waals surface area contributed by atoms with E-state index in [-0.39, 0.29) is 11.2 Å². The molecule has 1 aromatic carbocycles. The number of benzene rings is 1. The van der Waals surface area contributed by atoms with Crippen LogP contribution < -0.4 is 5.43 Å². The summed E-state index contributed by atoms with van der Waals surface area (Å²) in [6.45, 7) is 3.52. The topological polar surface area (TPSA) is 32.9 Å². The van der Waals surface area contributed by atoms with Crippen LogP contribution >= 0.6 is 0 Å². The quantitative estimate of drug-likeness (QED) is 0.782. The highest BCUT2D eigenvalue weighted by Crippen LogP contribution is 2.20. The van der Waals surface area contributed by atoms with Crippen LogP contribution in [-0.2, 0) is 0 Å². The van der Waals surface area contributed by atoms with Gasteiger partial charge in [-0.25, -0.2) is 4.39 Å². The van der Waals surface area contributed by atoms with Crippen molar-refractivity contribution >= 4 is 0 Å². The summed E-state index contributed by atoms with van der Waals surface area (Å²) in [5.41, 5.74) is 2.00. The summed E-state index contributed by atoms with van der Waals surface area (Å²) >= 11 is 0. The van der Waals surface area contributed by atoms with Crippen LogP contribution in [0.1, 0.15) is 11.1 Å². The van der Waals surface area contributed by atoms with Crippen molar-refractivity contribution in [3.8, 4) is 11.1 Å². The molecule has 1 aromatic heterocycles. The largest absolute Gasteiger partial charge is 0.367 e. The number of pyridine rings is 1. The Kier molecular flexibility index (Phi) is 2.60. The highest BCUT2D eigenvalue weighted by Gasteiger charge is 2.09. The lowest BCUT2D eigenvalue weighted by Gasteiger charge is -2.04. The van der Waals surface area contributed by atoms with E-state index < -0.39 is 0 Å². The summed E-state index contributed by atoms with van der Waals surface area (Å²) in [7, 11) is 0. The zero-order chi connectivity index (χ0) is 11.7. The van der Waals surface area contributed by atoms with Crippen LogP contribution in [0.4, 0.5) is 4.39 Å². The SMILES string of the molecule is Cc1ccc(-c2c[nH]cc(C)c2=O)c(F)c1. The Hall–Kier alpha value is -1.90. The third kappa shape index (κ3) is 1.76. The molecule has 2 nitrogen and oxygen atoms in total. The molecule has 0 radical (unpaired) electrons. The van der Waals surface area contributed by atoms with E-state index in [1.54, 1.807) is 25.3 Å². The fourth-order valence-electron chi connectivity index (χ4n) is 1.63. The minimum Gasteiger partial charge on any atom is -0.367 e. The van der Waals surface area contributed by atoms with Crippen molar-refractivity contribution in [1.82, 2.24) is 4.98 Å². The second-order valence-electron chi connectivity index (χ2n) is 3.86. The van der Waals surface area contributed by atoms with Gasteiger partial charge < -0.3 is 4.98 Å². The van der Waals surface area contributed by atoms with Gasteiger partial charge in [-0.15, -0.1) is 0 Å². The van der Waals surface area contributed by atoms with E-state index in [0.717, 1.165) is 5.56 Å². The highest BCUT2D eigenvalue weighted by atomic mass is 19.1. The van der Waals surface area contributed by atoms with Gasteiger partial charge in [0.05, 0.1) is 0 Å². The zero-order valence-corrected chi connectivity index (χ0v) is 9.17. The Morgan fingerprint density at radius 2 is 1.88 bits per heavy atom. The molecule has 0 saturated carbocycles. The molecule has 0 aliphatic carbocycles. The number of aromatic nitrogens is 1. The van der Waals surface area contributed by atoms with E-state index in [1.807, 2.05) is 6.92 Å². The molecule has 2 aromatic rings. The highest BCUT2D eigenvalue weighted by molar-refractivity contribution is 5.64. The molecule has 0 unspecified atom stereocenters. The summed E-state index contributed by atoms with van der Waals surface area (Å²) in [5, 5.41) is 0. The first-order valence-electron chi connectivity index (χ1n) is 5.04. The Bertz CT molecular complexity index is 587. The van der Waals surface area contributed by atoms with Crippen LogP contribution in [0.2, 0.25) is 0 Å². The monoisotopic (exact) mass is 217 g/mol. The maximum absolute atomic E-state index is 13.7. The van der Waals surface area contributed by atoms with Gasteiger partial charge in [0.2, 0.25) is 0 Å². The maximum Gasteiger partial charge on any atom is 0.192 e. The van der Waals surface area contributed by atoms with E-state index in [1.165, 1.54) is 12.3 Å². The maximum atomic E-state index is 13.7. The third-order valence-corrected chi connectivity index (χ3v) is 2.55. The Labute approximate surface area is 92.8 Å². The molecule has 1 N–H and O–H groups in total. The molecule has 2 rings (SSSR count). The minimum absolute atomic E-state index is 0.137. The standard InChI is InChI=1S/C13H12FNO/c1-8-3-4-10(12(14)5-8)11-7-15-6-9(2)13(11)16/h3-7H,1-2H3,(H,15,16). The smallest absolute Gasteiger partial charge is 0.192 e. The summed E-state index contributed by atoms with van der Waals surface area (Å²) < 4.78 is 13.7. The molecule has 0 amide bonds. The third-order valence-electron chi connectivity index (χ3n) is 2.55. The first-order valence-corrected chi connectivity index (χ1v) is 5.04. The molecule has 82 valence electrons. The number of rotatable bonds is 1. The van der Waals surface area contributed by atoms with Crippen molar-refractivity contribution in [3.63, 3.8) is 0 Å². The van der Waals surface area contributed by atoms with E-state index in [4.69, 9.17) is 0 Å². The summed E-state index contributed by atoms with van der Waals surface area (Å²) in [6.07, 6.45) is 3.14. The summed E-state index contributed by atoms with van der Waals surface area (Å²) in [4.78, 5) is 14.7. The van der Waals surface area contributed by atoms with E-state index in [2.05, 4.69) is 4.98 Å². The fraction of sp³-hybridized carbons (Fsp3) is 0.154. The lowest BCUT2D eigenvalue weighted by Crippen LogP contribution is -2.09. The number of halogens is 1. The van der Waals surface area contributed by atoms with Crippen LogP contribution in [0.5, 0.6) is 0 Å². The van der Waals surface area contributed by atoms with Crippen molar-refractivity contribution in [2.75, 3.05) is 0 Å².